The van der Waals surface area contributed by atoms with Gasteiger partial charge in [0, 0.05) is 17.8 Å². The van der Waals surface area contributed by atoms with Crippen molar-refractivity contribution in [3.8, 4) is 0 Å². The van der Waals surface area contributed by atoms with E-state index in [1.807, 2.05) is 0 Å². The van der Waals surface area contributed by atoms with Crippen LogP contribution in [-0.2, 0) is 19.1 Å². The Balaban J connectivity index is 1.68. The zero-order valence-electron chi connectivity index (χ0n) is 14.0. The minimum absolute atomic E-state index is 0.0597. The predicted octanol–water partition coefficient (Wildman–Crippen LogP) is 2.93. The molecule has 4 aliphatic rings. The van der Waals surface area contributed by atoms with E-state index >= 15 is 0 Å². The number of ether oxygens (including phenoxy) is 1. The standard InChI is InChI=1S/C19H26O4/c1-18(7-5-11-9-15(18)17(22)23-11)14-6-8-19(2)13(12(14)10-20)3-4-16(19)21/h10-15H,3-9H2,1-2H3/t11?,12-,13-,14-,15+,18+,19-/m0/s1. The summed E-state index contributed by atoms with van der Waals surface area (Å²) in [7, 11) is 0. The van der Waals surface area contributed by atoms with Gasteiger partial charge in [0.25, 0.3) is 0 Å². The van der Waals surface area contributed by atoms with Gasteiger partial charge >= 0.3 is 5.97 Å². The molecule has 0 aromatic heterocycles. The van der Waals surface area contributed by atoms with Crippen LogP contribution < -0.4 is 0 Å². The van der Waals surface area contributed by atoms with E-state index in [9.17, 15) is 14.4 Å². The summed E-state index contributed by atoms with van der Waals surface area (Å²) in [6, 6.07) is 0. The first kappa shape index (κ1) is 15.3. The molecular formula is C19H26O4. The van der Waals surface area contributed by atoms with E-state index in [0.717, 1.165) is 44.8 Å². The van der Waals surface area contributed by atoms with E-state index in [0.29, 0.717) is 12.2 Å². The maximum atomic E-state index is 12.3. The number of carbonyl (C=O) groups is 3. The Bertz CT molecular complexity index is 570. The van der Waals surface area contributed by atoms with Gasteiger partial charge in [-0.1, -0.05) is 13.8 Å². The van der Waals surface area contributed by atoms with E-state index in [-0.39, 0.29) is 46.6 Å². The molecule has 2 bridgehead atoms. The largest absolute Gasteiger partial charge is 0.462 e. The van der Waals surface area contributed by atoms with Crippen LogP contribution in [0, 0.1) is 34.5 Å². The lowest BCUT2D eigenvalue weighted by molar-refractivity contribution is -0.150. The molecule has 7 atom stereocenters. The Morgan fingerprint density at radius 3 is 2.61 bits per heavy atom. The van der Waals surface area contributed by atoms with Crippen molar-refractivity contribution in [1.82, 2.24) is 0 Å². The topological polar surface area (TPSA) is 60.4 Å². The van der Waals surface area contributed by atoms with Crippen LogP contribution in [0.3, 0.4) is 0 Å². The number of fused-ring (bicyclic) bond motifs is 3. The third kappa shape index (κ3) is 1.93. The van der Waals surface area contributed by atoms with Gasteiger partial charge < -0.3 is 9.53 Å². The first-order valence-electron chi connectivity index (χ1n) is 9.09. The van der Waals surface area contributed by atoms with E-state index in [1.165, 1.54) is 0 Å². The fraction of sp³-hybridized carbons (Fsp3) is 0.842. The first-order chi connectivity index (χ1) is 10.9. The lowest BCUT2D eigenvalue weighted by atomic mass is 9.50. The van der Waals surface area contributed by atoms with Crippen molar-refractivity contribution in [2.45, 2.75) is 64.9 Å². The highest BCUT2D eigenvalue weighted by atomic mass is 16.6. The molecule has 23 heavy (non-hydrogen) atoms. The predicted molar refractivity (Wildman–Crippen MR) is 83.4 cm³/mol. The normalized spacial score (nSPS) is 52.2. The van der Waals surface area contributed by atoms with Gasteiger partial charge in [-0.15, -0.1) is 0 Å². The highest BCUT2D eigenvalue weighted by Crippen LogP contribution is 2.62. The monoisotopic (exact) mass is 318 g/mol. The molecule has 0 amide bonds. The molecule has 126 valence electrons. The van der Waals surface area contributed by atoms with E-state index < -0.39 is 0 Å². The van der Waals surface area contributed by atoms with Crippen LogP contribution in [0.5, 0.6) is 0 Å². The molecule has 1 heterocycles. The highest BCUT2D eigenvalue weighted by molar-refractivity contribution is 5.88. The maximum absolute atomic E-state index is 12.3. The third-order valence-corrected chi connectivity index (χ3v) is 7.91. The minimum Gasteiger partial charge on any atom is -0.462 e. The molecule has 1 saturated heterocycles. The van der Waals surface area contributed by atoms with E-state index in [1.54, 1.807) is 0 Å². The summed E-state index contributed by atoms with van der Waals surface area (Å²) in [6.07, 6.45) is 7.09. The molecule has 4 fully saturated rings. The summed E-state index contributed by atoms with van der Waals surface area (Å²) >= 11 is 0. The van der Waals surface area contributed by atoms with Crippen LogP contribution in [0.15, 0.2) is 0 Å². The first-order valence-corrected chi connectivity index (χ1v) is 9.09. The molecule has 1 aliphatic heterocycles. The summed E-state index contributed by atoms with van der Waals surface area (Å²) in [5, 5.41) is 0. The van der Waals surface area contributed by atoms with Crippen molar-refractivity contribution in [2.24, 2.45) is 34.5 Å². The molecule has 4 rings (SSSR count). The van der Waals surface area contributed by atoms with Gasteiger partial charge in [0.1, 0.15) is 18.2 Å². The van der Waals surface area contributed by atoms with Crippen molar-refractivity contribution in [3.63, 3.8) is 0 Å². The zero-order chi connectivity index (χ0) is 16.4. The van der Waals surface area contributed by atoms with Gasteiger partial charge in [0.05, 0.1) is 5.92 Å². The Kier molecular flexibility index (Phi) is 3.27. The summed E-state index contributed by atoms with van der Waals surface area (Å²) in [5.74, 6) is 0.501. The van der Waals surface area contributed by atoms with Crippen LogP contribution in [0.2, 0.25) is 0 Å². The smallest absolute Gasteiger partial charge is 0.309 e. The van der Waals surface area contributed by atoms with Gasteiger partial charge in [-0.05, 0) is 55.8 Å². The summed E-state index contributed by atoms with van der Waals surface area (Å²) < 4.78 is 5.48. The number of hydrogen-bond acceptors (Lipinski definition) is 4. The Labute approximate surface area is 137 Å². The number of aldehydes is 1. The summed E-state index contributed by atoms with van der Waals surface area (Å²) in [4.78, 5) is 36.6. The van der Waals surface area contributed by atoms with E-state index in [2.05, 4.69) is 13.8 Å². The quantitative estimate of drug-likeness (QED) is 0.580. The Morgan fingerprint density at radius 1 is 1.09 bits per heavy atom. The van der Waals surface area contributed by atoms with Gasteiger partial charge in [0.15, 0.2) is 0 Å². The minimum atomic E-state index is -0.314. The Hall–Kier alpha value is -1.19. The number of esters is 1. The number of carbonyl (C=O) groups excluding carboxylic acids is 3. The SMILES string of the molecule is C[C@]1([C@H]2CC[C@]3(C)C(=O)CC[C@H]3[C@@H]2C=O)CCC2C[C@@H]1C(=O)O2. The average Bonchev–Trinajstić information content (AvgIpc) is 3.01. The molecule has 1 unspecified atom stereocenters. The second-order valence-electron chi connectivity index (χ2n) is 8.74. The molecule has 3 aliphatic carbocycles. The fourth-order valence-corrected chi connectivity index (χ4v) is 6.39. The molecule has 0 aromatic rings. The van der Waals surface area contributed by atoms with Gasteiger partial charge in [-0.25, -0.2) is 0 Å². The van der Waals surface area contributed by atoms with Crippen LogP contribution in [0.1, 0.15) is 58.8 Å². The number of hydrogen-bond donors (Lipinski definition) is 0. The maximum Gasteiger partial charge on any atom is 0.309 e. The van der Waals surface area contributed by atoms with Crippen molar-refractivity contribution in [3.05, 3.63) is 0 Å². The zero-order valence-corrected chi connectivity index (χ0v) is 14.0. The summed E-state index contributed by atoms with van der Waals surface area (Å²) in [5.41, 5.74) is -0.464. The van der Waals surface area contributed by atoms with Crippen LogP contribution in [-0.4, -0.2) is 24.1 Å². The highest BCUT2D eigenvalue weighted by Gasteiger charge is 2.61. The molecule has 0 N–H and O–H groups in total. The van der Waals surface area contributed by atoms with Crippen molar-refractivity contribution in [1.29, 1.82) is 0 Å². The Morgan fingerprint density at radius 2 is 1.87 bits per heavy atom. The number of Topliss-reactive ketones (excluding diaryl/α,β-unsaturated/α-hetero) is 1. The molecular weight excluding hydrogens is 292 g/mol. The third-order valence-electron chi connectivity index (χ3n) is 7.91. The molecule has 4 heteroatoms. The molecule has 4 nitrogen and oxygen atoms in total. The lowest BCUT2D eigenvalue weighted by Gasteiger charge is -2.52. The molecule has 3 saturated carbocycles. The molecule has 0 spiro atoms. The van der Waals surface area contributed by atoms with Crippen LogP contribution in [0.4, 0.5) is 0 Å². The van der Waals surface area contributed by atoms with Gasteiger partial charge in [-0.3, -0.25) is 9.59 Å². The second-order valence-corrected chi connectivity index (χ2v) is 8.74. The number of ketones is 1. The molecule has 0 radical (unpaired) electrons. The van der Waals surface area contributed by atoms with Crippen molar-refractivity contribution < 1.29 is 19.1 Å². The molecule has 0 aromatic carbocycles. The van der Waals surface area contributed by atoms with Crippen LogP contribution in [0.25, 0.3) is 0 Å². The van der Waals surface area contributed by atoms with Gasteiger partial charge in [0.2, 0.25) is 0 Å². The second kappa shape index (κ2) is 4.90. The van der Waals surface area contributed by atoms with E-state index in [4.69, 9.17) is 4.74 Å². The van der Waals surface area contributed by atoms with Crippen LogP contribution >= 0.6 is 0 Å². The number of rotatable bonds is 2. The average molecular weight is 318 g/mol. The lowest BCUT2D eigenvalue weighted by Crippen LogP contribution is -2.51. The van der Waals surface area contributed by atoms with Crippen molar-refractivity contribution in [2.75, 3.05) is 0 Å². The van der Waals surface area contributed by atoms with Crippen molar-refractivity contribution >= 4 is 18.0 Å². The summed E-state index contributed by atoms with van der Waals surface area (Å²) in [6.45, 7) is 4.25. The fourth-order valence-electron chi connectivity index (χ4n) is 6.39. The van der Waals surface area contributed by atoms with Gasteiger partial charge in [-0.2, -0.15) is 0 Å².